The molecule has 1 unspecified atom stereocenters. The van der Waals surface area contributed by atoms with Crippen LogP contribution in [-0.4, -0.2) is 61.6 Å². The van der Waals surface area contributed by atoms with E-state index in [0.29, 0.717) is 38.9 Å². The number of rotatable bonds is 8. The lowest BCUT2D eigenvalue weighted by atomic mass is 9.84. The molecule has 4 heterocycles. The summed E-state index contributed by atoms with van der Waals surface area (Å²) in [4.78, 5) is 18.7. The average molecular weight is 500 g/mol. The summed E-state index contributed by atoms with van der Waals surface area (Å²) in [5.74, 6) is 1.29. The fraction of sp³-hybridized carbons (Fsp3) is 0.429. The maximum atomic E-state index is 12.4. The lowest BCUT2D eigenvalue weighted by Gasteiger charge is -2.40. The average Bonchev–Trinajstić information content (AvgIpc) is 3.53. The van der Waals surface area contributed by atoms with Crippen LogP contribution in [0.3, 0.4) is 0 Å². The maximum Gasteiger partial charge on any atom is 0.225 e. The summed E-state index contributed by atoms with van der Waals surface area (Å²) in [5, 5.41) is 25.9. The molecule has 6 rings (SSSR count). The van der Waals surface area contributed by atoms with Gasteiger partial charge in [-0.05, 0) is 68.5 Å². The number of nitrogens with one attached hydrogen (secondary N) is 1. The number of amides is 1. The first-order valence-corrected chi connectivity index (χ1v) is 13.2. The van der Waals surface area contributed by atoms with Crippen LogP contribution >= 0.6 is 0 Å². The number of benzene rings is 1. The first-order valence-electron chi connectivity index (χ1n) is 13.2. The van der Waals surface area contributed by atoms with E-state index in [2.05, 4.69) is 20.5 Å². The number of anilines is 3. The molecule has 1 atom stereocenters. The number of pyridine rings is 1. The van der Waals surface area contributed by atoms with Crippen molar-refractivity contribution in [1.29, 1.82) is 0 Å². The molecular weight excluding hydrogens is 466 g/mol. The summed E-state index contributed by atoms with van der Waals surface area (Å²) >= 11 is 0. The van der Waals surface area contributed by atoms with Gasteiger partial charge in [0.2, 0.25) is 5.91 Å². The van der Waals surface area contributed by atoms with Gasteiger partial charge in [0.15, 0.2) is 5.82 Å². The summed E-state index contributed by atoms with van der Waals surface area (Å²) in [6.07, 6.45) is 10.4. The molecule has 9 nitrogen and oxygen atoms in total. The highest BCUT2D eigenvalue weighted by atomic mass is 16.3. The first kappa shape index (κ1) is 23.7. The second-order valence-electron chi connectivity index (χ2n) is 10.5. The molecular formula is C28H33N7O2. The van der Waals surface area contributed by atoms with E-state index >= 15 is 0 Å². The van der Waals surface area contributed by atoms with E-state index in [1.165, 1.54) is 0 Å². The lowest BCUT2D eigenvalue weighted by molar-refractivity contribution is -0.137. The third-order valence-electron chi connectivity index (χ3n) is 7.57. The molecule has 2 aromatic heterocycles. The number of carbonyl (C=O) groups is 1. The highest BCUT2D eigenvalue weighted by molar-refractivity contribution is 5.81. The van der Waals surface area contributed by atoms with Crippen LogP contribution in [0.15, 0.2) is 66.0 Å². The van der Waals surface area contributed by atoms with Crippen molar-refractivity contribution in [3.05, 3.63) is 66.6 Å². The second-order valence-corrected chi connectivity index (χ2v) is 10.5. The maximum absolute atomic E-state index is 12.4. The Morgan fingerprint density at radius 1 is 1.08 bits per heavy atom. The van der Waals surface area contributed by atoms with Crippen LogP contribution in [0.4, 0.5) is 17.2 Å². The molecule has 2 fully saturated rings. The fourth-order valence-electron chi connectivity index (χ4n) is 5.29. The molecule has 3 aliphatic rings. The van der Waals surface area contributed by atoms with Crippen molar-refractivity contribution < 1.29 is 9.90 Å². The van der Waals surface area contributed by atoms with Crippen molar-refractivity contribution in [2.24, 2.45) is 11.0 Å². The van der Waals surface area contributed by atoms with Crippen LogP contribution in [0.1, 0.15) is 44.2 Å². The number of carbonyl (C=O) groups excluding carboxylic acids is 1. The number of piperidine rings is 1. The Morgan fingerprint density at radius 3 is 2.62 bits per heavy atom. The zero-order valence-electron chi connectivity index (χ0n) is 20.9. The Bertz CT molecular complexity index is 1250. The summed E-state index contributed by atoms with van der Waals surface area (Å²) in [7, 11) is 0. The predicted octanol–water partition coefficient (Wildman–Crippen LogP) is 3.79. The molecule has 1 saturated heterocycles. The standard InChI is InChI=1S/C28H33N7O2/c36-27(21-4-5-21)33-17-12-28(37,13-18-33)19-25-10-15-30-35(25)24-8-6-22(7-9-24)31-26-11-16-34(32-26)20-23-3-1-2-14-29-23/h1-3,6-9,11,14-16,21,25,37H,4-5,10,12-13,17-20H2,(H,31,32). The van der Waals surface area contributed by atoms with E-state index in [0.717, 1.165) is 42.1 Å². The molecule has 0 bridgehead atoms. The smallest absolute Gasteiger partial charge is 0.225 e. The van der Waals surface area contributed by atoms with Gasteiger partial charge in [-0.1, -0.05) is 6.07 Å². The lowest BCUT2D eigenvalue weighted by Crippen LogP contribution is -2.49. The van der Waals surface area contributed by atoms with Crippen LogP contribution in [0.5, 0.6) is 0 Å². The van der Waals surface area contributed by atoms with E-state index in [1.54, 1.807) is 6.20 Å². The zero-order chi connectivity index (χ0) is 25.2. The second kappa shape index (κ2) is 9.97. The van der Waals surface area contributed by atoms with Crippen LogP contribution in [-0.2, 0) is 11.3 Å². The summed E-state index contributed by atoms with van der Waals surface area (Å²) < 4.78 is 1.86. The fourth-order valence-corrected chi connectivity index (χ4v) is 5.29. The molecule has 1 aromatic carbocycles. The molecule has 0 radical (unpaired) electrons. The van der Waals surface area contributed by atoms with E-state index in [4.69, 9.17) is 0 Å². The van der Waals surface area contributed by atoms with Gasteiger partial charge in [-0.15, -0.1) is 0 Å². The molecule has 1 aliphatic carbocycles. The molecule has 9 heteroatoms. The zero-order valence-corrected chi connectivity index (χ0v) is 20.9. The number of nitrogens with zero attached hydrogens (tertiary/aromatic N) is 6. The van der Waals surface area contributed by atoms with Crippen molar-refractivity contribution in [3.8, 4) is 0 Å². The molecule has 1 saturated carbocycles. The van der Waals surface area contributed by atoms with Crippen molar-refractivity contribution >= 4 is 29.3 Å². The highest BCUT2D eigenvalue weighted by Gasteiger charge is 2.41. The Balaban J connectivity index is 1.04. The number of aliphatic hydroxyl groups is 1. The molecule has 0 spiro atoms. The Kier molecular flexibility index (Phi) is 6.38. The Labute approximate surface area is 216 Å². The van der Waals surface area contributed by atoms with Gasteiger partial charge >= 0.3 is 0 Å². The molecule has 37 heavy (non-hydrogen) atoms. The van der Waals surface area contributed by atoms with Gasteiger partial charge in [0.1, 0.15) is 0 Å². The van der Waals surface area contributed by atoms with Crippen molar-refractivity contribution in [1.82, 2.24) is 19.7 Å². The van der Waals surface area contributed by atoms with Crippen LogP contribution in [0.2, 0.25) is 0 Å². The van der Waals surface area contributed by atoms with Crippen LogP contribution in [0.25, 0.3) is 0 Å². The predicted molar refractivity (Wildman–Crippen MR) is 143 cm³/mol. The Hall–Kier alpha value is -3.72. The number of hydrogen-bond acceptors (Lipinski definition) is 7. The van der Waals surface area contributed by atoms with Crippen molar-refractivity contribution in [3.63, 3.8) is 0 Å². The number of hydrazone groups is 1. The third kappa shape index (κ3) is 5.51. The summed E-state index contributed by atoms with van der Waals surface area (Å²) in [6.45, 7) is 1.92. The van der Waals surface area contributed by atoms with E-state index < -0.39 is 5.60 Å². The van der Waals surface area contributed by atoms with Gasteiger partial charge in [0.05, 0.1) is 29.6 Å². The Morgan fingerprint density at radius 2 is 1.89 bits per heavy atom. The normalized spacial score (nSPS) is 20.8. The van der Waals surface area contributed by atoms with Gasteiger partial charge < -0.3 is 15.3 Å². The first-order chi connectivity index (χ1) is 18.0. The largest absolute Gasteiger partial charge is 0.390 e. The number of likely N-dealkylation sites (tertiary alicyclic amines) is 1. The molecule has 2 aliphatic heterocycles. The minimum absolute atomic E-state index is 0.108. The molecule has 3 aromatic rings. The summed E-state index contributed by atoms with van der Waals surface area (Å²) in [6, 6.07) is 16.1. The van der Waals surface area contributed by atoms with E-state index in [9.17, 15) is 9.90 Å². The van der Waals surface area contributed by atoms with Gasteiger partial charge in [-0.2, -0.15) is 10.2 Å². The highest BCUT2D eigenvalue weighted by Crippen LogP contribution is 2.36. The number of aromatic nitrogens is 3. The van der Waals surface area contributed by atoms with Gasteiger partial charge in [0.25, 0.3) is 0 Å². The van der Waals surface area contributed by atoms with Gasteiger partial charge in [-0.25, -0.2) is 0 Å². The van der Waals surface area contributed by atoms with Crippen molar-refractivity contribution in [2.45, 2.75) is 56.7 Å². The van der Waals surface area contributed by atoms with Crippen LogP contribution in [0, 0.1) is 5.92 Å². The molecule has 192 valence electrons. The monoisotopic (exact) mass is 499 g/mol. The van der Waals surface area contributed by atoms with E-state index in [1.807, 2.05) is 75.5 Å². The summed E-state index contributed by atoms with van der Waals surface area (Å²) in [5.41, 5.74) is 2.14. The minimum Gasteiger partial charge on any atom is -0.390 e. The molecule has 1 amide bonds. The van der Waals surface area contributed by atoms with Crippen molar-refractivity contribution in [2.75, 3.05) is 23.4 Å². The molecule has 2 N–H and O–H groups in total. The SMILES string of the molecule is O=C(C1CC1)N1CCC(O)(CC2CC=NN2c2ccc(Nc3ccn(Cc4ccccn4)n3)cc2)CC1. The van der Waals surface area contributed by atoms with Gasteiger partial charge in [-0.3, -0.25) is 19.5 Å². The van der Waals surface area contributed by atoms with Crippen LogP contribution < -0.4 is 10.3 Å². The van der Waals surface area contributed by atoms with E-state index in [-0.39, 0.29) is 17.9 Å². The topological polar surface area (TPSA) is 98.9 Å². The quantitative estimate of drug-likeness (QED) is 0.489. The minimum atomic E-state index is -0.757. The van der Waals surface area contributed by atoms with Gasteiger partial charge in [0, 0.05) is 55.8 Å². The number of hydrogen-bond donors (Lipinski definition) is 2. The third-order valence-corrected chi connectivity index (χ3v) is 7.57.